The monoisotopic (exact) mass is 390 g/mol. The molecule has 2 aromatic heterocycles. The van der Waals surface area contributed by atoms with Crippen molar-refractivity contribution in [2.75, 3.05) is 11.9 Å². The fraction of sp³-hybridized carbons (Fsp3) is 0.190. The van der Waals surface area contributed by atoms with Crippen molar-refractivity contribution < 1.29 is 9.53 Å². The van der Waals surface area contributed by atoms with E-state index in [2.05, 4.69) is 32.4 Å². The molecule has 6 nitrogen and oxygen atoms in total. The van der Waals surface area contributed by atoms with Gasteiger partial charge in [0.05, 0.1) is 11.7 Å². The van der Waals surface area contributed by atoms with E-state index in [1.807, 2.05) is 43.3 Å². The lowest BCUT2D eigenvalue weighted by Gasteiger charge is -2.25. The van der Waals surface area contributed by atoms with Crippen molar-refractivity contribution in [1.82, 2.24) is 15.3 Å². The van der Waals surface area contributed by atoms with E-state index in [1.54, 1.807) is 12.4 Å². The average molecular weight is 390 g/mol. The van der Waals surface area contributed by atoms with Crippen LogP contribution in [0.25, 0.3) is 0 Å². The molecule has 1 aromatic carbocycles. The molecule has 0 radical (unpaired) electrons. The van der Waals surface area contributed by atoms with Crippen LogP contribution in [0.2, 0.25) is 0 Å². The molecule has 4 rings (SSSR count). The van der Waals surface area contributed by atoms with Crippen molar-refractivity contribution in [3.05, 3.63) is 70.5 Å². The van der Waals surface area contributed by atoms with E-state index in [0.717, 1.165) is 33.9 Å². The molecule has 0 aliphatic carbocycles. The summed E-state index contributed by atoms with van der Waals surface area (Å²) in [5.41, 5.74) is 2.77. The molecule has 0 saturated heterocycles. The highest BCUT2D eigenvalue weighted by Crippen LogP contribution is 2.24. The van der Waals surface area contributed by atoms with Crippen molar-refractivity contribution in [3.63, 3.8) is 0 Å². The minimum Gasteiger partial charge on any atom is -0.491 e. The van der Waals surface area contributed by atoms with Crippen LogP contribution in [0.4, 0.5) is 9.93 Å². The van der Waals surface area contributed by atoms with Crippen LogP contribution in [0.15, 0.2) is 48.8 Å². The summed E-state index contributed by atoms with van der Waals surface area (Å²) in [6, 6.07) is 11.2. The molecule has 1 atom stereocenters. The summed E-state index contributed by atoms with van der Waals surface area (Å²) >= 11 is 1.35. The third kappa shape index (κ3) is 4.30. The Bertz CT molecular complexity index is 1050. The molecule has 3 heterocycles. The zero-order valence-electron chi connectivity index (χ0n) is 15.2. The summed E-state index contributed by atoms with van der Waals surface area (Å²) in [6.45, 7) is 2.33. The first-order valence-corrected chi connectivity index (χ1v) is 9.67. The maximum absolute atomic E-state index is 12.3. The Morgan fingerprint density at radius 2 is 2.04 bits per heavy atom. The largest absolute Gasteiger partial charge is 0.491 e. The lowest BCUT2D eigenvalue weighted by molar-refractivity contribution is 0.222. The van der Waals surface area contributed by atoms with Crippen molar-refractivity contribution in [2.45, 2.75) is 19.4 Å². The highest BCUT2D eigenvalue weighted by molar-refractivity contribution is 7.16. The molecule has 1 unspecified atom stereocenters. The number of benzene rings is 1. The first-order chi connectivity index (χ1) is 13.7. The molecule has 0 bridgehead atoms. The molecule has 0 fully saturated rings. The smallest absolute Gasteiger partial charge is 0.321 e. The van der Waals surface area contributed by atoms with Gasteiger partial charge in [0.2, 0.25) is 0 Å². The van der Waals surface area contributed by atoms with Crippen LogP contribution in [0.5, 0.6) is 5.75 Å². The summed E-state index contributed by atoms with van der Waals surface area (Å²) in [5, 5.41) is 6.26. The minimum absolute atomic E-state index is 0.0816. The van der Waals surface area contributed by atoms with Crippen molar-refractivity contribution in [2.24, 2.45) is 0 Å². The third-order valence-corrected chi connectivity index (χ3v) is 5.22. The second kappa shape index (κ2) is 8.11. The number of rotatable bonds is 2. The molecular weight excluding hydrogens is 372 g/mol. The van der Waals surface area contributed by atoms with Gasteiger partial charge in [-0.2, -0.15) is 0 Å². The highest BCUT2D eigenvalue weighted by Gasteiger charge is 2.21. The van der Waals surface area contributed by atoms with E-state index in [1.165, 1.54) is 11.3 Å². The molecule has 1 aliphatic rings. The number of hydrogen-bond donors (Lipinski definition) is 2. The number of urea groups is 1. The lowest BCUT2D eigenvalue weighted by Crippen LogP contribution is -2.44. The molecule has 2 amide bonds. The zero-order chi connectivity index (χ0) is 19.3. The molecular formula is C21H18N4O2S. The van der Waals surface area contributed by atoms with E-state index in [9.17, 15) is 4.79 Å². The number of aryl methyl sites for hydroxylation is 1. The maximum Gasteiger partial charge on any atom is 0.321 e. The molecule has 3 aromatic rings. The van der Waals surface area contributed by atoms with E-state index < -0.39 is 0 Å². The predicted octanol–water partition coefficient (Wildman–Crippen LogP) is 3.37. The second-order valence-electron chi connectivity index (χ2n) is 6.34. The quantitative estimate of drug-likeness (QED) is 0.658. The standard InChI is InChI=1S/C21H18N4O2S/c1-14-19(7-6-15-8-10-22-11-9-15)28-21(23-14)25-20(26)24-17-12-16-4-2-3-5-18(16)27-13-17/h2-5,8-11,17H,12-13H2,1H3,(H2,23,24,25,26). The Morgan fingerprint density at radius 1 is 1.21 bits per heavy atom. The first-order valence-electron chi connectivity index (χ1n) is 8.85. The fourth-order valence-corrected chi connectivity index (χ4v) is 3.68. The molecule has 2 N–H and O–H groups in total. The van der Waals surface area contributed by atoms with Gasteiger partial charge in [0.25, 0.3) is 0 Å². The van der Waals surface area contributed by atoms with E-state index in [-0.39, 0.29) is 12.1 Å². The number of para-hydroxylation sites is 1. The molecule has 0 spiro atoms. The summed E-state index contributed by atoms with van der Waals surface area (Å²) in [5.74, 6) is 7.06. The summed E-state index contributed by atoms with van der Waals surface area (Å²) in [4.78, 5) is 21.5. The highest BCUT2D eigenvalue weighted by atomic mass is 32.1. The Kier molecular flexibility index (Phi) is 5.22. The van der Waals surface area contributed by atoms with Crippen molar-refractivity contribution >= 4 is 22.5 Å². The van der Waals surface area contributed by atoms with Gasteiger partial charge in [0.1, 0.15) is 17.2 Å². The molecule has 28 heavy (non-hydrogen) atoms. The van der Waals surface area contributed by atoms with Crippen LogP contribution in [0.3, 0.4) is 0 Å². The number of hydrogen-bond acceptors (Lipinski definition) is 5. The van der Waals surface area contributed by atoms with E-state index >= 15 is 0 Å². The molecule has 140 valence electrons. The van der Waals surface area contributed by atoms with Gasteiger partial charge in [-0.3, -0.25) is 10.3 Å². The number of aromatic nitrogens is 2. The van der Waals surface area contributed by atoms with Gasteiger partial charge < -0.3 is 10.1 Å². The van der Waals surface area contributed by atoms with Crippen LogP contribution in [-0.2, 0) is 6.42 Å². The first kappa shape index (κ1) is 18.0. The molecule has 0 saturated carbocycles. The van der Waals surface area contributed by atoms with Gasteiger partial charge in [0, 0.05) is 18.0 Å². The number of ether oxygens (including phenoxy) is 1. The summed E-state index contributed by atoms with van der Waals surface area (Å²) in [6.07, 6.45) is 4.14. The number of nitrogens with zero attached hydrogens (tertiary/aromatic N) is 2. The Balaban J connectivity index is 1.37. The lowest BCUT2D eigenvalue weighted by atomic mass is 10.0. The Morgan fingerprint density at radius 3 is 2.89 bits per heavy atom. The van der Waals surface area contributed by atoms with Crippen molar-refractivity contribution in [3.8, 4) is 17.6 Å². The van der Waals surface area contributed by atoms with Crippen LogP contribution in [0.1, 0.15) is 21.7 Å². The summed E-state index contributed by atoms with van der Waals surface area (Å²) in [7, 11) is 0. The third-order valence-electron chi connectivity index (χ3n) is 4.23. The van der Waals surface area contributed by atoms with Crippen LogP contribution >= 0.6 is 11.3 Å². The molecule has 7 heteroatoms. The van der Waals surface area contributed by atoms with Crippen LogP contribution in [-0.4, -0.2) is 28.6 Å². The zero-order valence-corrected chi connectivity index (χ0v) is 16.0. The predicted molar refractivity (Wildman–Crippen MR) is 109 cm³/mol. The van der Waals surface area contributed by atoms with Crippen LogP contribution < -0.4 is 15.4 Å². The van der Waals surface area contributed by atoms with Gasteiger partial charge >= 0.3 is 6.03 Å². The number of amides is 2. The van der Waals surface area contributed by atoms with Gasteiger partial charge in [0.15, 0.2) is 5.13 Å². The number of carbonyl (C=O) groups is 1. The number of pyridine rings is 1. The average Bonchev–Trinajstić information content (AvgIpc) is 3.06. The number of thiazole rings is 1. The van der Waals surface area contributed by atoms with E-state index in [4.69, 9.17) is 4.74 Å². The van der Waals surface area contributed by atoms with Gasteiger partial charge in [-0.25, -0.2) is 9.78 Å². The minimum atomic E-state index is -0.296. The topological polar surface area (TPSA) is 76.1 Å². The fourth-order valence-electron chi connectivity index (χ4n) is 2.87. The second-order valence-corrected chi connectivity index (χ2v) is 7.34. The number of anilines is 1. The van der Waals surface area contributed by atoms with E-state index in [0.29, 0.717) is 11.7 Å². The normalized spacial score (nSPS) is 14.8. The maximum atomic E-state index is 12.3. The van der Waals surface area contributed by atoms with Crippen molar-refractivity contribution in [1.29, 1.82) is 0 Å². The number of nitrogens with one attached hydrogen (secondary N) is 2. The SMILES string of the molecule is Cc1nc(NC(=O)NC2COc3ccccc3C2)sc1C#Cc1ccncc1. The Labute approximate surface area is 167 Å². The summed E-state index contributed by atoms with van der Waals surface area (Å²) < 4.78 is 5.71. The Hall–Kier alpha value is -3.37. The van der Waals surface area contributed by atoms with Gasteiger partial charge in [-0.05, 0) is 43.0 Å². The van der Waals surface area contributed by atoms with Gasteiger partial charge in [-0.15, -0.1) is 0 Å². The number of fused-ring (bicyclic) bond motifs is 1. The van der Waals surface area contributed by atoms with Crippen LogP contribution in [0, 0.1) is 18.8 Å². The molecule has 1 aliphatic heterocycles. The van der Waals surface area contributed by atoms with Gasteiger partial charge in [-0.1, -0.05) is 35.5 Å². The number of carbonyl (C=O) groups excluding carboxylic acids is 1.